The molecule has 104 valence electrons. The SMILES string of the molecule is O=C(N/N=C/c1ccc2c(c1)OCO2)C1=COCCO1. The lowest BCUT2D eigenvalue weighted by Gasteiger charge is -2.13. The van der Waals surface area contributed by atoms with Crippen molar-refractivity contribution in [3.8, 4) is 11.5 Å². The van der Waals surface area contributed by atoms with Crippen LogP contribution in [0.4, 0.5) is 0 Å². The van der Waals surface area contributed by atoms with Crippen LogP contribution in [0.5, 0.6) is 11.5 Å². The lowest BCUT2D eigenvalue weighted by molar-refractivity contribution is -0.122. The minimum atomic E-state index is -0.457. The number of ether oxygens (including phenoxy) is 4. The molecule has 0 fully saturated rings. The third kappa shape index (κ3) is 2.66. The van der Waals surface area contributed by atoms with E-state index >= 15 is 0 Å². The van der Waals surface area contributed by atoms with Crippen LogP contribution in [0.15, 0.2) is 35.3 Å². The molecule has 3 rings (SSSR count). The molecule has 1 aromatic rings. The van der Waals surface area contributed by atoms with Crippen LogP contribution in [-0.2, 0) is 14.3 Å². The van der Waals surface area contributed by atoms with Gasteiger partial charge in [-0.1, -0.05) is 0 Å². The number of rotatable bonds is 3. The zero-order valence-corrected chi connectivity index (χ0v) is 10.5. The number of nitrogens with zero attached hydrogens (tertiary/aromatic N) is 1. The van der Waals surface area contributed by atoms with Crippen molar-refractivity contribution in [1.29, 1.82) is 0 Å². The molecule has 0 aliphatic carbocycles. The van der Waals surface area contributed by atoms with Crippen molar-refractivity contribution >= 4 is 12.1 Å². The number of carbonyl (C=O) groups excluding carboxylic acids is 1. The third-order valence-electron chi connectivity index (χ3n) is 2.65. The Bertz CT molecular complexity index is 582. The van der Waals surface area contributed by atoms with Gasteiger partial charge in [-0.15, -0.1) is 0 Å². The molecule has 7 nitrogen and oxygen atoms in total. The summed E-state index contributed by atoms with van der Waals surface area (Å²) in [7, 11) is 0. The summed E-state index contributed by atoms with van der Waals surface area (Å²) >= 11 is 0. The molecule has 2 aliphatic heterocycles. The first-order valence-electron chi connectivity index (χ1n) is 6.00. The Kier molecular flexibility index (Phi) is 3.40. The highest BCUT2D eigenvalue weighted by atomic mass is 16.7. The van der Waals surface area contributed by atoms with Crippen molar-refractivity contribution in [2.75, 3.05) is 20.0 Å². The van der Waals surface area contributed by atoms with Crippen LogP contribution in [0.25, 0.3) is 0 Å². The summed E-state index contributed by atoms with van der Waals surface area (Å²) in [6.07, 6.45) is 2.78. The van der Waals surface area contributed by atoms with Gasteiger partial charge in [-0.05, 0) is 23.8 Å². The Labute approximate surface area is 114 Å². The van der Waals surface area contributed by atoms with E-state index < -0.39 is 5.91 Å². The van der Waals surface area contributed by atoms with Gasteiger partial charge in [0.25, 0.3) is 0 Å². The number of nitrogens with one attached hydrogen (secondary N) is 1. The van der Waals surface area contributed by atoms with E-state index in [9.17, 15) is 4.79 Å². The van der Waals surface area contributed by atoms with E-state index in [1.807, 2.05) is 6.07 Å². The Balaban J connectivity index is 1.60. The standard InChI is InChI=1S/C13H12N2O5/c16-13(12-7-17-3-4-18-12)15-14-6-9-1-2-10-11(5-9)20-8-19-10/h1-2,5-7H,3-4,8H2,(H,15,16)/b14-6+. The molecule has 1 N–H and O–H groups in total. The molecule has 0 unspecified atom stereocenters. The number of fused-ring (bicyclic) bond motifs is 1. The van der Waals surface area contributed by atoms with E-state index in [1.54, 1.807) is 12.1 Å². The van der Waals surface area contributed by atoms with E-state index in [4.69, 9.17) is 18.9 Å². The van der Waals surface area contributed by atoms with Crippen molar-refractivity contribution in [3.05, 3.63) is 35.8 Å². The maximum atomic E-state index is 11.6. The maximum absolute atomic E-state index is 11.6. The zero-order chi connectivity index (χ0) is 13.8. The van der Waals surface area contributed by atoms with Crippen molar-refractivity contribution in [2.45, 2.75) is 0 Å². The fourth-order valence-corrected chi connectivity index (χ4v) is 1.70. The normalized spacial score (nSPS) is 16.3. The molecule has 7 heteroatoms. The molecule has 1 amide bonds. The number of carbonyl (C=O) groups is 1. The predicted molar refractivity (Wildman–Crippen MR) is 68.3 cm³/mol. The molecule has 0 spiro atoms. The van der Waals surface area contributed by atoms with Crippen molar-refractivity contribution < 1.29 is 23.7 Å². The van der Waals surface area contributed by atoms with Gasteiger partial charge in [-0.3, -0.25) is 4.79 Å². The quantitative estimate of drug-likeness (QED) is 0.651. The molecular formula is C13H12N2O5. The number of hydrogen-bond acceptors (Lipinski definition) is 6. The second kappa shape index (κ2) is 5.52. The molecule has 2 aliphatic rings. The van der Waals surface area contributed by atoms with E-state index in [0.29, 0.717) is 24.7 Å². The van der Waals surface area contributed by atoms with Crippen molar-refractivity contribution in [3.63, 3.8) is 0 Å². The first-order valence-corrected chi connectivity index (χ1v) is 6.00. The molecule has 0 aromatic heterocycles. The van der Waals surface area contributed by atoms with Gasteiger partial charge in [0.1, 0.15) is 19.5 Å². The second-order valence-corrected chi connectivity index (χ2v) is 4.01. The van der Waals surface area contributed by atoms with Crippen LogP contribution in [0, 0.1) is 0 Å². The minimum Gasteiger partial charge on any atom is -0.494 e. The Morgan fingerprint density at radius 2 is 2.10 bits per heavy atom. The topological polar surface area (TPSA) is 78.4 Å². The average Bonchev–Trinajstić information content (AvgIpc) is 2.95. The molecule has 0 saturated carbocycles. The van der Waals surface area contributed by atoms with Crippen LogP contribution < -0.4 is 14.9 Å². The second-order valence-electron chi connectivity index (χ2n) is 4.01. The van der Waals surface area contributed by atoms with Gasteiger partial charge in [-0.25, -0.2) is 5.43 Å². The van der Waals surface area contributed by atoms with Gasteiger partial charge in [0.15, 0.2) is 11.5 Å². The first kappa shape index (κ1) is 12.3. The summed E-state index contributed by atoms with van der Waals surface area (Å²) in [6.45, 7) is 1.01. The minimum absolute atomic E-state index is 0.110. The lowest BCUT2D eigenvalue weighted by atomic mass is 10.2. The maximum Gasteiger partial charge on any atom is 0.309 e. The Morgan fingerprint density at radius 1 is 1.20 bits per heavy atom. The fraction of sp³-hybridized carbons (Fsp3) is 0.231. The van der Waals surface area contributed by atoms with Gasteiger partial charge in [0.05, 0.1) is 6.21 Å². The molecule has 1 aromatic carbocycles. The van der Waals surface area contributed by atoms with Crippen LogP contribution in [0.3, 0.4) is 0 Å². The smallest absolute Gasteiger partial charge is 0.309 e. The van der Waals surface area contributed by atoms with Crippen LogP contribution in [0.1, 0.15) is 5.56 Å². The third-order valence-corrected chi connectivity index (χ3v) is 2.65. The lowest BCUT2D eigenvalue weighted by Crippen LogP contribution is -2.24. The van der Waals surface area contributed by atoms with Crippen LogP contribution >= 0.6 is 0 Å². The monoisotopic (exact) mass is 276 g/mol. The highest BCUT2D eigenvalue weighted by molar-refractivity contribution is 5.92. The number of hydrogen-bond donors (Lipinski definition) is 1. The summed E-state index contributed by atoms with van der Waals surface area (Å²) in [6, 6.07) is 5.37. The van der Waals surface area contributed by atoms with Crippen molar-refractivity contribution in [2.24, 2.45) is 5.10 Å². The summed E-state index contributed by atoms with van der Waals surface area (Å²) < 4.78 is 20.6. The highest BCUT2D eigenvalue weighted by Gasteiger charge is 2.14. The number of amides is 1. The van der Waals surface area contributed by atoms with Gasteiger partial charge >= 0.3 is 5.91 Å². The number of benzene rings is 1. The van der Waals surface area contributed by atoms with E-state index in [0.717, 1.165) is 5.56 Å². The largest absolute Gasteiger partial charge is 0.494 e. The highest BCUT2D eigenvalue weighted by Crippen LogP contribution is 2.31. The van der Waals surface area contributed by atoms with Crippen LogP contribution in [-0.4, -0.2) is 32.1 Å². The molecule has 2 heterocycles. The van der Waals surface area contributed by atoms with Gasteiger partial charge in [0.2, 0.25) is 12.6 Å². The molecule has 0 radical (unpaired) electrons. The van der Waals surface area contributed by atoms with Gasteiger partial charge in [0, 0.05) is 0 Å². The van der Waals surface area contributed by atoms with Crippen molar-refractivity contribution in [1.82, 2.24) is 5.43 Å². The summed E-state index contributed by atoms with van der Waals surface area (Å²) in [5.74, 6) is 1.01. The number of hydrazone groups is 1. The Hall–Kier alpha value is -2.70. The van der Waals surface area contributed by atoms with E-state index in [-0.39, 0.29) is 12.6 Å². The summed E-state index contributed by atoms with van der Waals surface area (Å²) in [5.41, 5.74) is 3.14. The molecule has 20 heavy (non-hydrogen) atoms. The fourth-order valence-electron chi connectivity index (χ4n) is 1.70. The molecular weight excluding hydrogens is 264 g/mol. The van der Waals surface area contributed by atoms with Crippen LogP contribution in [0.2, 0.25) is 0 Å². The Morgan fingerprint density at radius 3 is 2.95 bits per heavy atom. The molecule has 0 atom stereocenters. The van der Waals surface area contributed by atoms with Gasteiger partial charge < -0.3 is 18.9 Å². The zero-order valence-electron chi connectivity index (χ0n) is 10.5. The predicted octanol–water partition coefficient (Wildman–Crippen LogP) is 0.754. The molecule has 0 bridgehead atoms. The molecule has 0 saturated heterocycles. The van der Waals surface area contributed by atoms with E-state index in [1.165, 1.54) is 12.5 Å². The first-order chi connectivity index (χ1) is 9.83. The summed E-state index contributed by atoms with van der Waals surface area (Å²) in [4.78, 5) is 11.6. The van der Waals surface area contributed by atoms with Gasteiger partial charge in [-0.2, -0.15) is 5.10 Å². The summed E-state index contributed by atoms with van der Waals surface area (Å²) in [5, 5.41) is 3.84. The average molecular weight is 276 g/mol. The van der Waals surface area contributed by atoms with E-state index in [2.05, 4.69) is 10.5 Å².